The summed E-state index contributed by atoms with van der Waals surface area (Å²) in [5, 5.41) is 10.1. The SMILES string of the molecule is C=C1OC(n2ccc3c(N)ncnc32)[C@@H](F)[C@@H]1O. The highest BCUT2D eigenvalue weighted by atomic mass is 19.1. The molecule has 1 aliphatic heterocycles. The van der Waals surface area contributed by atoms with E-state index in [2.05, 4.69) is 16.5 Å². The van der Waals surface area contributed by atoms with E-state index in [-0.39, 0.29) is 5.76 Å². The molecule has 0 bridgehead atoms. The standard InChI is InChI=1S/C11H11FN4O2/c1-5-8(17)7(12)11(18-5)16-3-2-6-9(13)14-4-15-10(6)16/h2-4,7-8,11,17H,1H2,(H2,13,14,15)/t7-,8+,11?/m0/s1. The summed E-state index contributed by atoms with van der Waals surface area (Å²) < 4.78 is 20.6. The van der Waals surface area contributed by atoms with Gasteiger partial charge >= 0.3 is 0 Å². The lowest BCUT2D eigenvalue weighted by atomic mass is 10.2. The van der Waals surface area contributed by atoms with Gasteiger partial charge in [-0.2, -0.15) is 0 Å². The van der Waals surface area contributed by atoms with Crippen LogP contribution in [0.25, 0.3) is 11.0 Å². The van der Waals surface area contributed by atoms with Gasteiger partial charge in [0.2, 0.25) is 6.23 Å². The molecule has 0 aliphatic carbocycles. The topological polar surface area (TPSA) is 86.2 Å². The van der Waals surface area contributed by atoms with Crippen LogP contribution in [0.3, 0.4) is 0 Å². The number of aliphatic hydroxyl groups excluding tert-OH is 1. The lowest BCUT2D eigenvalue weighted by Gasteiger charge is -2.15. The zero-order valence-corrected chi connectivity index (χ0v) is 9.32. The molecule has 0 spiro atoms. The lowest BCUT2D eigenvalue weighted by molar-refractivity contribution is 0.0410. The van der Waals surface area contributed by atoms with E-state index in [0.29, 0.717) is 16.9 Å². The molecule has 2 aromatic heterocycles. The number of ether oxygens (including phenoxy) is 1. The highest BCUT2D eigenvalue weighted by Gasteiger charge is 2.42. The van der Waals surface area contributed by atoms with Crippen LogP contribution >= 0.6 is 0 Å². The molecule has 0 aromatic carbocycles. The second-order valence-corrected chi connectivity index (χ2v) is 4.08. The van der Waals surface area contributed by atoms with Gasteiger partial charge in [0.05, 0.1) is 5.39 Å². The van der Waals surface area contributed by atoms with Gasteiger partial charge in [0.1, 0.15) is 29.7 Å². The summed E-state index contributed by atoms with van der Waals surface area (Å²) in [6.45, 7) is 3.46. The van der Waals surface area contributed by atoms with E-state index >= 15 is 0 Å². The van der Waals surface area contributed by atoms with E-state index in [9.17, 15) is 9.50 Å². The van der Waals surface area contributed by atoms with Crippen LogP contribution in [-0.2, 0) is 4.74 Å². The Kier molecular flexibility index (Phi) is 2.24. The molecule has 94 valence electrons. The number of nitrogens with two attached hydrogens (primary N) is 1. The van der Waals surface area contributed by atoms with E-state index in [0.717, 1.165) is 0 Å². The summed E-state index contributed by atoms with van der Waals surface area (Å²) in [5.41, 5.74) is 6.15. The van der Waals surface area contributed by atoms with Gasteiger partial charge in [0, 0.05) is 6.20 Å². The Morgan fingerprint density at radius 1 is 1.50 bits per heavy atom. The molecule has 0 saturated carbocycles. The number of aromatic nitrogens is 3. The molecule has 3 atom stereocenters. The first-order chi connectivity index (χ1) is 8.59. The minimum Gasteiger partial charge on any atom is -0.469 e. The smallest absolute Gasteiger partial charge is 0.211 e. The number of nitrogens with zero attached hydrogens (tertiary/aromatic N) is 3. The number of hydrogen-bond acceptors (Lipinski definition) is 5. The third-order valence-corrected chi connectivity index (χ3v) is 2.99. The van der Waals surface area contributed by atoms with Crippen molar-refractivity contribution in [1.29, 1.82) is 0 Å². The van der Waals surface area contributed by atoms with Crippen LogP contribution in [0.15, 0.2) is 30.9 Å². The number of fused-ring (bicyclic) bond motifs is 1. The average molecular weight is 250 g/mol. The van der Waals surface area contributed by atoms with Crippen molar-refractivity contribution in [1.82, 2.24) is 14.5 Å². The predicted molar refractivity (Wildman–Crippen MR) is 62.1 cm³/mol. The first kappa shape index (κ1) is 11.0. The van der Waals surface area contributed by atoms with Crippen molar-refractivity contribution in [2.75, 3.05) is 5.73 Å². The van der Waals surface area contributed by atoms with Crippen LogP contribution in [0.1, 0.15) is 6.23 Å². The number of rotatable bonds is 1. The Hall–Kier alpha value is -2.15. The van der Waals surface area contributed by atoms with E-state index in [1.54, 1.807) is 12.3 Å². The van der Waals surface area contributed by atoms with Gasteiger partial charge in [-0.25, -0.2) is 14.4 Å². The van der Waals surface area contributed by atoms with Crippen LogP contribution < -0.4 is 5.73 Å². The minimum absolute atomic E-state index is 0.0105. The predicted octanol–water partition coefficient (Wildman–Crippen LogP) is 0.755. The van der Waals surface area contributed by atoms with Crippen molar-refractivity contribution in [3.63, 3.8) is 0 Å². The molecule has 0 amide bonds. The Bertz CT molecular complexity index is 627. The Morgan fingerprint density at radius 2 is 2.28 bits per heavy atom. The third-order valence-electron chi connectivity index (χ3n) is 2.99. The average Bonchev–Trinajstić information content (AvgIpc) is 2.88. The van der Waals surface area contributed by atoms with Crippen molar-refractivity contribution in [2.24, 2.45) is 0 Å². The zero-order valence-electron chi connectivity index (χ0n) is 9.32. The fourth-order valence-electron chi connectivity index (χ4n) is 2.03. The van der Waals surface area contributed by atoms with Gasteiger partial charge in [-0.05, 0) is 6.07 Å². The molecule has 7 heteroatoms. The van der Waals surface area contributed by atoms with Crippen molar-refractivity contribution < 1.29 is 14.2 Å². The van der Waals surface area contributed by atoms with E-state index in [1.165, 1.54) is 10.9 Å². The minimum atomic E-state index is -1.59. The number of hydrogen-bond donors (Lipinski definition) is 2. The summed E-state index contributed by atoms with van der Waals surface area (Å²) >= 11 is 0. The summed E-state index contributed by atoms with van der Waals surface area (Å²) in [6.07, 6.45) is -1.02. The molecular weight excluding hydrogens is 239 g/mol. The van der Waals surface area contributed by atoms with E-state index in [4.69, 9.17) is 10.5 Å². The number of halogens is 1. The summed E-state index contributed by atoms with van der Waals surface area (Å²) in [6, 6.07) is 1.67. The fourth-order valence-corrected chi connectivity index (χ4v) is 2.03. The summed E-state index contributed by atoms with van der Waals surface area (Å²) in [4.78, 5) is 7.89. The van der Waals surface area contributed by atoms with Crippen molar-refractivity contribution in [3.8, 4) is 0 Å². The van der Waals surface area contributed by atoms with Crippen LogP contribution in [0.5, 0.6) is 0 Å². The number of alkyl halides is 1. The molecule has 18 heavy (non-hydrogen) atoms. The monoisotopic (exact) mass is 250 g/mol. The van der Waals surface area contributed by atoms with Crippen molar-refractivity contribution in [2.45, 2.75) is 18.5 Å². The van der Waals surface area contributed by atoms with Gasteiger partial charge in [0.15, 0.2) is 6.17 Å². The number of nitrogen functional groups attached to an aromatic ring is 1. The molecular formula is C11H11FN4O2. The molecule has 1 saturated heterocycles. The molecule has 0 radical (unpaired) electrons. The highest BCUT2D eigenvalue weighted by molar-refractivity contribution is 5.86. The second-order valence-electron chi connectivity index (χ2n) is 4.08. The maximum Gasteiger partial charge on any atom is 0.211 e. The van der Waals surface area contributed by atoms with Gasteiger partial charge in [-0.1, -0.05) is 6.58 Å². The van der Waals surface area contributed by atoms with Gasteiger partial charge in [-0.15, -0.1) is 0 Å². The highest BCUT2D eigenvalue weighted by Crippen LogP contribution is 2.35. The first-order valence-corrected chi connectivity index (χ1v) is 5.34. The quantitative estimate of drug-likeness (QED) is 0.780. The summed E-state index contributed by atoms with van der Waals surface area (Å²) in [7, 11) is 0. The van der Waals surface area contributed by atoms with E-state index < -0.39 is 18.5 Å². The molecule has 1 fully saturated rings. The largest absolute Gasteiger partial charge is 0.469 e. The Balaban J connectivity index is 2.11. The summed E-state index contributed by atoms with van der Waals surface area (Å²) in [5.74, 6) is 0.322. The van der Waals surface area contributed by atoms with Crippen molar-refractivity contribution >= 4 is 16.9 Å². The molecule has 6 nitrogen and oxygen atoms in total. The van der Waals surface area contributed by atoms with Crippen LogP contribution in [-0.4, -0.2) is 31.9 Å². The molecule has 2 aromatic rings. The van der Waals surface area contributed by atoms with E-state index in [1.807, 2.05) is 0 Å². The molecule has 3 rings (SSSR count). The normalized spacial score (nSPS) is 27.7. The maximum atomic E-state index is 13.9. The Morgan fingerprint density at radius 3 is 2.94 bits per heavy atom. The molecule has 1 aliphatic rings. The fraction of sp³-hybridized carbons (Fsp3) is 0.273. The van der Waals surface area contributed by atoms with Gasteiger partial charge in [-0.3, -0.25) is 4.57 Å². The zero-order chi connectivity index (χ0) is 12.9. The van der Waals surface area contributed by atoms with Crippen LogP contribution in [0.2, 0.25) is 0 Å². The molecule has 3 N–H and O–H groups in total. The van der Waals surface area contributed by atoms with Crippen molar-refractivity contribution in [3.05, 3.63) is 30.9 Å². The van der Waals surface area contributed by atoms with Crippen LogP contribution in [0, 0.1) is 0 Å². The lowest BCUT2D eigenvalue weighted by Crippen LogP contribution is -2.23. The maximum absolute atomic E-state index is 13.9. The molecule has 1 unspecified atom stereocenters. The Labute approximate surface area is 102 Å². The first-order valence-electron chi connectivity index (χ1n) is 5.34. The third kappa shape index (κ3) is 1.37. The van der Waals surface area contributed by atoms with Crippen LogP contribution in [0.4, 0.5) is 10.2 Å². The molecule has 3 heterocycles. The van der Waals surface area contributed by atoms with Gasteiger partial charge < -0.3 is 15.6 Å². The second kappa shape index (κ2) is 3.67. The number of aliphatic hydroxyl groups is 1. The number of anilines is 1. The van der Waals surface area contributed by atoms with Gasteiger partial charge in [0.25, 0.3) is 0 Å².